The van der Waals surface area contributed by atoms with Gasteiger partial charge in [-0.05, 0) is 39.3 Å². The maximum atomic E-state index is 12.2. The summed E-state index contributed by atoms with van der Waals surface area (Å²) in [5, 5.41) is 3.43. The summed E-state index contributed by atoms with van der Waals surface area (Å²) in [5.74, 6) is 1.86. The monoisotopic (exact) mass is 483 g/mol. The highest BCUT2D eigenvalue weighted by Gasteiger charge is 2.41. The van der Waals surface area contributed by atoms with Crippen molar-refractivity contribution in [2.75, 3.05) is 25.4 Å². The summed E-state index contributed by atoms with van der Waals surface area (Å²) in [5.41, 5.74) is 0. The maximum Gasteiger partial charge on any atom is 0.194 e. The third-order valence-corrected chi connectivity index (χ3v) is 7.06. The molecule has 8 heteroatoms. The van der Waals surface area contributed by atoms with E-state index in [-0.39, 0.29) is 35.8 Å². The second kappa shape index (κ2) is 9.25. The van der Waals surface area contributed by atoms with Gasteiger partial charge in [0.15, 0.2) is 15.8 Å². The summed E-state index contributed by atoms with van der Waals surface area (Å²) < 4.78 is 29.0. The van der Waals surface area contributed by atoms with E-state index >= 15 is 0 Å². The molecule has 1 aliphatic rings. The van der Waals surface area contributed by atoms with Crippen molar-refractivity contribution >= 4 is 39.8 Å². The molecule has 0 saturated carbocycles. The molecule has 0 spiro atoms. The van der Waals surface area contributed by atoms with E-state index < -0.39 is 14.6 Å². The molecule has 1 aliphatic heterocycles. The molecule has 0 bridgehead atoms. The first-order chi connectivity index (χ1) is 11.2. The fourth-order valence-corrected chi connectivity index (χ4v) is 3.98. The molecule has 0 radical (unpaired) electrons. The lowest BCUT2D eigenvalue weighted by Crippen LogP contribution is -2.58. The molecule has 0 aliphatic carbocycles. The van der Waals surface area contributed by atoms with Crippen LogP contribution in [0.3, 0.4) is 0 Å². The van der Waals surface area contributed by atoms with Gasteiger partial charge in [-0.25, -0.2) is 8.42 Å². The number of furan rings is 1. The normalized spacial score (nSPS) is 20.6. The number of nitrogens with zero attached hydrogens (tertiary/aromatic N) is 2. The summed E-state index contributed by atoms with van der Waals surface area (Å²) >= 11 is 0. The van der Waals surface area contributed by atoms with Crippen molar-refractivity contribution in [3.05, 3.63) is 24.2 Å². The van der Waals surface area contributed by atoms with Crippen molar-refractivity contribution in [3.63, 3.8) is 0 Å². The smallest absolute Gasteiger partial charge is 0.194 e. The van der Waals surface area contributed by atoms with Crippen LogP contribution in [0.2, 0.25) is 0 Å². The molecule has 1 unspecified atom stereocenters. The highest BCUT2D eigenvalue weighted by molar-refractivity contribution is 14.0. The van der Waals surface area contributed by atoms with Gasteiger partial charge in [0.25, 0.3) is 0 Å². The SMILES string of the molecule is CCC(C)NC(=NCCc1ccco1)N1CCS(=O)(=O)C(C)(C)C1.I. The molecule has 1 fully saturated rings. The van der Waals surface area contributed by atoms with Crippen molar-refractivity contribution in [2.45, 2.75) is 51.3 Å². The molecular weight excluding hydrogens is 453 g/mol. The fourth-order valence-electron chi connectivity index (χ4n) is 2.61. The summed E-state index contributed by atoms with van der Waals surface area (Å²) in [6.45, 7) is 9.34. The predicted octanol–water partition coefficient (Wildman–Crippen LogP) is 2.69. The van der Waals surface area contributed by atoms with E-state index in [2.05, 4.69) is 24.1 Å². The Morgan fingerprint density at radius 1 is 1.48 bits per heavy atom. The molecule has 1 aromatic rings. The third-order valence-electron chi connectivity index (χ3n) is 4.53. The Balaban J connectivity index is 0.00000312. The van der Waals surface area contributed by atoms with Crippen LogP contribution in [-0.4, -0.2) is 55.5 Å². The zero-order valence-corrected chi connectivity index (χ0v) is 18.6. The number of hydrogen-bond donors (Lipinski definition) is 1. The van der Waals surface area contributed by atoms with Crippen molar-refractivity contribution in [1.29, 1.82) is 0 Å². The molecule has 1 N–H and O–H groups in total. The highest BCUT2D eigenvalue weighted by atomic mass is 127. The van der Waals surface area contributed by atoms with Gasteiger partial charge >= 0.3 is 0 Å². The minimum absolute atomic E-state index is 0. The number of nitrogens with one attached hydrogen (secondary N) is 1. The van der Waals surface area contributed by atoms with Crippen LogP contribution in [0.5, 0.6) is 0 Å². The molecule has 1 atom stereocenters. The first-order valence-corrected chi connectivity index (χ1v) is 10.2. The molecule has 25 heavy (non-hydrogen) atoms. The zero-order chi connectivity index (χ0) is 17.8. The van der Waals surface area contributed by atoms with Gasteiger partial charge < -0.3 is 14.6 Å². The van der Waals surface area contributed by atoms with Crippen molar-refractivity contribution in [3.8, 4) is 0 Å². The molecular formula is C17H30IN3O3S. The number of guanidine groups is 1. The van der Waals surface area contributed by atoms with Crippen LogP contribution >= 0.6 is 24.0 Å². The second-order valence-electron chi connectivity index (χ2n) is 6.99. The summed E-state index contributed by atoms with van der Waals surface area (Å²) in [6.07, 6.45) is 3.37. The van der Waals surface area contributed by atoms with E-state index in [1.54, 1.807) is 20.1 Å². The van der Waals surface area contributed by atoms with Crippen molar-refractivity contribution in [2.24, 2.45) is 4.99 Å². The minimum atomic E-state index is -3.06. The van der Waals surface area contributed by atoms with Gasteiger partial charge in [-0.2, -0.15) is 0 Å². The summed E-state index contributed by atoms with van der Waals surface area (Å²) in [6, 6.07) is 4.09. The van der Waals surface area contributed by atoms with Gasteiger partial charge in [-0.15, -0.1) is 24.0 Å². The maximum absolute atomic E-state index is 12.2. The lowest BCUT2D eigenvalue weighted by Gasteiger charge is -2.39. The summed E-state index contributed by atoms with van der Waals surface area (Å²) in [7, 11) is -3.06. The Kier molecular flexibility index (Phi) is 8.24. The van der Waals surface area contributed by atoms with Crippen LogP contribution in [0.15, 0.2) is 27.8 Å². The van der Waals surface area contributed by atoms with Crippen LogP contribution in [-0.2, 0) is 16.3 Å². The Hall–Kier alpha value is -0.770. The van der Waals surface area contributed by atoms with Gasteiger partial charge in [0.1, 0.15) is 5.76 Å². The Morgan fingerprint density at radius 3 is 2.76 bits per heavy atom. The van der Waals surface area contributed by atoms with Crippen molar-refractivity contribution < 1.29 is 12.8 Å². The lowest BCUT2D eigenvalue weighted by atomic mass is 10.2. The molecule has 1 aromatic heterocycles. The van der Waals surface area contributed by atoms with Crippen LogP contribution < -0.4 is 5.32 Å². The minimum Gasteiger partial charge on any atom is -0.469 e. The van der Waals surface area contributed by atoms with E-state index in [1.807, 2.05) is 12.1 Å². The largest absolute Gasteiger partial charge is 0.469 e. The molecule has 2 rings (SSSR count). The van der Waals surface area contributed by atoms with E-state index in [9.17, 15) is 8.42 Å². The topological polar surface area (TPSA) is 74.9 Å². The molecule has 0 amide bonds. The van der Waals surface area contributed by atoms with Crippen LogP contribution in [0, 0.1) is 0 Å². The van der Waals surface area contributed by atoms with Gasteiger partial charge in [0.2, 0.25) is 0 Å². The first-order valence-electron chi connectivity index (χ1n) is 8.56. The number of hydrogen-bond acceptors (Lipinski definition) is 4. The van der Waals surface area contributed by atoms with E-state index in [0.29, 0.717) is 19.6 Å². The van der Waals surface area contributed by atoms with Gasteiger partial charge in [-0.3, -0.25) is 4.99 Å². The van der Waals surface area contributed by atoms with Gasteiger partial charge in [0, 0.05) is 32.1 Å². The second-order valence-corrected chi connectivity index (χ2v) is 9.73. The lowest BCUT2D eigenvalue weighted by molar-refractivity contribution is 0.348. The fraction of sp³-hybridized carbons (Fsp3) is 0.706. The van der Waals surface area contributed by atoms with Crippen LogP contribution in [0.1, 0.15) is 39.9 Å². The number of rotatable bonds is 5. The predicted molar refractivity (Wildman–Crippen MR) is 112 cm³/mol. The van der Waals surface area contributed by atoms with Crippen LogP contribution in [0.25, 0.3) is 0 Å². The van der Waals surface area contributed by atoms with Crippen LogP contribution in [0.4, 0.5) is 0 Å². The standard InChI is InChI=1S/C17H29N3O3S.HI/c1-5-14(2)19-16(18-9-8-15-7-6-11-23-15)20-10-12-24(21,22)17(3,4)13-20;/h6-7,11,14H,5,8-10,12-13H2,1-4H3,(H,18,19);1H. The first kappa shape index (κ1) is 22.3. The third kappa shape index (κ3) is 5.87. The molecule has 2 heterocycles. The number of halogens is 1. The van der Waals surface area contributed by atoms with Gasteiger partial charge in [0.05, 0.1) is 16.8 Å². The highest BCUT2D eigenvalue weighted by Crippen LogP contribution is 2.23. The quantitative estimate of drug-likeness (QED) is 0.396. The molecule has 0 aromatic carbocycles. The Bertz CT molecular complexity index is 657. The number of sulfone groups is 1. The zero-order valence-electron chi connectivity index (χ0n) is 15.5. The summed E-state index contributed by atoms with van der Waals surface area (Å²) in [4.78, 5) is 6.76. The van der Waals surface area contributed by atoms with E-state index in [0.717, 1.165) is 24.6 Å². The van der Waals surface area contributed by atoms with Crippen molar-refractivity contribution in [1.82, 2.24) is 10.2 Å². The Labute approximate surface area is 168 Å². The average Bonchev–Trinajstić information content (AvgIpc) is 3.02. The molecule has 144 valence electrons. The van der Waals surface area contributed by atoms with E-state index in [1.165, 1.54) is 0 Å². The van der Waals surface area contributed by atoms with E-state index in [4.69, 9.17) is 9.41 Å². The number of aliphatic imine (C=N–C) groups is 1. The Morgan fingerprint density at radius 2 is 2.20 bits per heavy atom. The molecule has 1 saturated heterocycles. The molecule has 6 nitrogen and oxygen atoms in total. The average molecular weight is 483 g/mol. The van der Waals surface area contributed by atoms with Gasteiger partial charge in [-0.1, -0.05) is 6.92 Å².